The molecule has 1 atom stereocenters. The Labute approximate surface area is 141 Å². The number of aliphatic hydroxyl groups is 1. The van der Waals surface area contributed by atoms with E-state index in [1.54, 1.807) is 0 Å². The van der Waals surface area contributed by atoms with E-state index < -0.39 is 6.10 Å². The molecule has 0 aliphatic heterocycles. The molecular formula is C18H24N2O4. The number of ether oxygens (including phenoxy) is 1. The lowest BCUT2D eigenvalue weighted by Gasteiger charge is -2.13. The highest BCUT2D eigenvalue weighted by Crippen LogP contribution is 2.23. The standard InChI is InChI=1S/C18H24N2O4/c1-12(2)9-23-10-15(21)8-19-18(22)16-17(24-11-20-16)14-6-4-13(3)5-7-14/h4-7,11-12,15,21H,8-10H2,1-3H3,(H,19,22)/t15-/m0/s1. The molecule has 0 unspecified atom stereocenters. The number of carbonyl (C=O) groups is 1. The molecule has 24 heavy (non-hydrogen) atoms. The summed E-state index contributed by atoms with van der Waals surface area (Å²) < 4.78 is 10.7. The number of amides is 1. The van der Waals surface area contributed by atoms with Crippen LogP contribution in [0.4, 0.5) is 0 Å². The highest BCUT2D eigenvalue weighted by Gasteiger charge is 2.19. The van der Waals surface area contributed by atoms with Crippen molar-refractivity contribution in [2.75, 3.05) is 19.8 Å². The van der Waals surface area contributed by atoms with E-state index in [1.807, 2.05) is 45.0 Å². The zero-order chi connectivity index (χ0) is 17.5. The van der Waals surface area contributed by atoms with Crippen LogP contribution in [0.25, 0.3) is 11.3 Å². The molecule has 6 nitrogen and oxygen atoms in total. The van der Waals surface area contributed by atoms with Crippen molar-refractivity contribution in [2.24, 2.45) is 5.92 Å². The van der Waals surface area contributed by atoms with Crippen LogP contribution in [-0.2, 0) is 4.74 Å². The highest BCUT2D eigenvalue weighted by molar-refractivity contribution is 5.97. The van der Waals surface area contributed by atoms with Gasteiger partial charge in [0.1, 0.15) is 0 Å². The number of aryl methyl sites for hydroxylation is 1. The summed E-state index contributed by atoms with van der Waals surface area (Å²) in [7, 11) is 0. The first-order valence-corrected chi connectivity index (χ1v) is 8.02. The summed E-state index contributed by atoms with van der Waals surface area (Å²) in [6.45, 7) is 6.91. The van der Waals surface area contributed by atoms with Gasteiger partial charge in [-0.25, -0.2) is 4.98 Å². The van der Waals surface area contributed by atoms with Crippen LogP contribution >= 0.6 is 0 Å². The van der Waals surface area contributed by atoms with E-state index in [1.165, 1.54) is 6.39 Å². The van der Waals surface area contributed by atoms with Crippen LogP contribution in [0.15, 0.2) is 35.1 Å². The van der Waals surface area contributed by atoms with Gasteiger partial charge in [-0.05, 0) is 12.8 Å². The molecule has 0 radical (unpaired) electrons. The number of benzene rings is 1. The number of nitrogens with zero attached hydrogens (tertiary/aromatic N) is 1. The molecule has 0 bridgehead atoms. The third kappa shape index (κ3) is 5.18. The number of oxazole rings is 1. The number of hydrogen-bond acceptors (Lipinski definition) is 5. The molecule has 1 amide bonds. The molecule has 6 heteroatoms. The monoisotopic (exact) mass is 332 g/mol. The smallest absolute Gasteiger partial charge is 0.274 e. The first-order chi connectivity index (χ1) is 11.5. The fraction of sp³-hybridized carbons (Fsp3) is 0.444. The van der Waals surface area contributed by atoms with Gasteiger partial charge in [0.05, 0.1) is 12.7 Å². The lowest BCUT2D eigenvalue weighted by Crippen LogP contribution is -2.35. The van der Waals surface area contributed by atoms with Gasteiger partial charge >= 0.3 is 0 Å². The van der Waals surface area contributed by atoms with Crippen molar-refractivity contribution in [2.45, 2.75) is 26.9 Å². The molecule has 130 valence electrons. The Kier molecular flexibility index (Phi) is 6.52. The predicted molar refractivity (Wildman–Crippen MR) is 90.7 cm³/mol. The fourth-order valence-electron chi connectivity index (χ4n) is 2.11. The molecule has 0 aliphatic carbocycles. The number of rotatable bonds is 8. The average molecular weight is 332 g/mol. The van der Waals surface area contributed by atoms with Gasteiger partial charge < -0.3 is 19.6 Å². The van der Waals surface area contributed by atoms with Crippen molar-refractivity contribution in [3.63, 3.8) is 0 Å². The maximum atomic E-state index is 12.3. The van der Waals surface area contributed by atoms with Gasteiger partial charge in [-0.15, -0.1) is 0 Å². The van der Waals surface area contributed by atoms with Crippen molar-refractivity contribution in [1.82, 2.24) is 10.3 Å². The van der Waals surface area contributed by atoms with E-state index in [2.05, 4.69) is 10.3 Å². The summed E-state index contributed by atoms with van der Waals surface area (Å²) in [5, 5.41) is 12.5. The fourth-order valence-corrected chi connectivity index (χ4v) is 2.11. The number of nitrogens with one attached hydrogen (secondary N) is 1. The second kappa shape index (κ2) is 8.61. The number of hydrogen-bond donors (Lipinski definition) is 2. The number of aliphatic hydroxyl groups excluding tert-OH is 1. The van der Waals surface area contributed by atoms with Crippen LogP contribution in [0.2, 0.25) is 0 Å². The zero-order valence-electron chi connectivity index (χ0n) is 14.3. The summed E-state index contributed by atoms with van der Waals surface area (Å²) >= 11 is 0. The lowest BCUT2D eigenvalue weighted by atomic mass is 10.1. The van der Waals surface area contributed by atoms with Crippen LogP contribution < -0.4 is 5.32 Å². The van der Waals surface area contributed by atoms with Crippen LogP contribution in [0.1, 0.15) is 29.9 Å². The summed E-state index contributed by atoms with van der Waals surface area (Å²) in [5.41, 5.74) is 2.10. The number of aromatic nitrogens is 1. The minimum Gasteiger partial charge on any atom is -0.443 e. The van der Waals surface area contributed by atoms with Crippen molar-refractivity contribution in [3.8, 4) is 11.3 Å². The Morgan fingerprint density at radius 2 is 2.00 bits per heavy atom. The third-order valence-electron chi connectivity index (χ3n) is 3.36. The molecule has 0 aliphatic rings. The van der Waals surface area contributed by atoms with Gasteiger partial charge in [0.25, 0.3) is 5.91 Å². The second-order valence-electron chi connectivity index (χ2n) is 6.19. The van der Waals surface area contributed by atoms with Gasteiger partial charge in [0.15, 0.2) is 17.8 Å². The van der Waals surface area contributed by atoms with Gasteiger partial charge in [-0.1, -0.05) is 43.7 Å². The van der Waals surface area contributed by atoms with E-state index in [9.17, 15) is 9.90 Å². The minimum atomic E-state index is -0.762. The van der Waals surface area contributed by atoms with Crippen LogP contribution in [0.5, 0.6) is 0 Å². The Bertz CT molecular complexity index is 649. The molecule has 2 N–H and O–H groups in total. The van der Waals surface area contributed by atoms with E-state index >= 15 is 0 Å². The number of carbonyl (C=O) groups excluding carboxylic acids is 1. The molecule has 0 spiro atoms. The molecule has 1 heterocycles. The van der Waals surface area contributed by atoms with Gasteiger partial charge in [0.2, 0.25) is 0 Å². The van der Waals surface area contributed by atoms with Crippen molar-refractivity contribution >= 4 is 5.91 Å². The quantitative estimate of drug-likeness (QED) is 0.775. The normalized spacial score (nSPS) is 12.4. The van der Waals surface area contributed by atoms with E-state index in [0.717, 1.165) is 11.1 Å². The van der Waals surface area contributed by atoms with Crippen molar-refractivity contribution in [3.05, 3.63) is 41.9 Å². The Morgan fingerprint density at radius 3 is 2.67 bits per heavy atom. The SMILES string of the molecule is Cc1ccc(-c2ocnc2C(=O)NC[C@H](O)COCC(C)C)cc1. The zero-order valence-corrected chi connectivity index (χ0v) is 14.3. The summed E-state index contributed by atoms with van der Waals surface area (Å²) in [6.07, 6.45) is 0.481. The van der Waals surface area contributed by atoms with Gasteiger partial charge in [-0.3, -0.25) is 4.79 Å². The molecule has 0 saturated heterocycles. The van der Waals surface area contributed by atoms with Gasteiger partial charge in [-0.2, -0.15) is 0 Å². The third-order valence-corrected chi connectivity index (χ3v) is 3.36. The first-order valence-electron chi connectivity index (χ1n) is 8.02. The van der Waals surface area contributed by atoms with Gasteiger partial charge in [0, 0.05) is 18.7 Å². The molecule has 2 aromatic rings. The summed E-state index contributed by atoms with van der Waals surface area (Å²) in [5.74, 6) is 0.430. The average Bonchev–Trinajstić information content (AvgIpc) is 3.02. The second-order valence-corrected chi connectivity index (χ2v) is 6.19. The highest BCUT2D eigenvalue weighted by atomic mass is 16.5. The maximum Gasteiger partial charge on any atom is 0.274 e. The predicted octanol–water partition coefficient (Wildman–Crippen LogP) is 2.41. The lowest BCUT2D eigenvalue weighted by molar-refractivity contribution is 0.0259. The van der Waals surface area contributed by atoms with Crippen LogP contribution in [0.3, 0.4) is 0 Å². The maximum absolute atomic E-state index is 12.3. The van der Waals surface area contributed by atoms with E-state index in [0.29, 0.717) is 18.3 Å². The molecule has 1 aromatic carbocycles. The Morgan fingerprint density at radius 1 is 1.29 bits per heavy atom. The Balaban J connectivity index is 1.91. The molecule has 2 rings (SSSR count). The summed E-state index contributed by atoms with van der Waals surface area (Å²) in [6, 6.07) is 7.63. The van der Waals surface area contributed by atoms with E-state index in [-0.39, 0.29) is 24.8 Å². The summed E-state index contributed by atoms with van der Waals surface area (Å²) in [4.78, 5) is 16.3. The van der Waals surface area contributed by atoms with Crippen molar-refractivity contribution < 1.29 is 19.1 Å². The topological polar surface area (TPSA) is 84.6 Å². The largest absolute Gasteiger partial charge is 0.443 e. The molecule has 1 aromatic heterocycles. The molecular weight excluding hydrogens is 308 g/mol. The Hall–Kier alpha value is -2.18. The van der Waals surface area contributed by atoms with E-state index in [4.69, 9.17) is 9.15 Å². The molecule has 0 saturated carbocycles. The first kappa shape index (κ1) is 18.2. The minimum absolute atomic E-state index is 0.0944. The molecule has 0 fully saturated rings. The van der Waals surface area contributed by atoms with Crippen LogP contribution in [-0.4, -0.2) is 41.9 Å². The van der Waals surface area contributed by atoms with Crippen molar-refractivity contribution in [1.29, 1.82) is 0 Å². The van der Waals surface area contributed by atoms with Crippen LogP contribution in [0, 0.1) is 12.8 Å².